The van der Waals surface area contributed by atoms with Crippen LogP contribution in [0.25, 0.3) is 110 Å². The Kier molecular flexibility index (Phi) is 5.63. The second-order valence-corrected chi connectivity index (χ2v) is 12.9. The average Bonchev–Trinajstić information content (AvgIpc) is 3.74. The van der Waals surface area contributed by atoms with Crippen LogP contribution in [0.5, 0.6) is 0 Å². The molecule has 3 heterocycles. The van der Waals surface area contributed by atoms with E-state index >= 15 is 0 Å². The summed E-state index contributed by atoms with van der Waals surface area (Å²) in [6.45, 7) is 0. The van der Waals surface area contributed by atoms with Crippen molar-refractivity contribution >= 4 is 76.3 Å². The van der Waals surface area contributed by atoms with Crippen molar-refractivity contribution in [2.45, 2.75) is 0 Å². The Labute approximate surface area is 285 Å². The Balaban J connectivity index is 1.15. The van der Waals surface area contributed by atoms with E-state index < -0.39 is 0 Å². The van der Waals surface area contributed by atoms with Crippen LogP contribution in [0.1, 0.15) is 0 Å². The molecule has 11 aromatic rings. The van der Waals surface area contributed by atoms with Gasteiger partial charge in [-0.2, -0.15) is 0 Å². The molecule has 0 bridgehead atoms. The molecule has 11 rings (SSSR count). The molecule has 0 atom stereocenters. The number of para-hydroxylation sites is 2. The third-order valence-corrected chi connectivity index (χ3v) is 10.1. The van der Waals surface area contributed by atoms with Gasteiger partial charge >= 0.3 is 0 Å². The SMILES string of the molecule is c1ccc2cc(-c3ccc4oc5c6ccccc6c(-c6nc(-c7ccc8c(c7)oc7ccccc78)c7ccccc7n6)cc5c4c3)ccc2c1. The van der Waals surface area contributed by atoms with Gasteiger partial charge in [0.25, 0.3) is 0 Å². The standard InChI is InChI=1S/C46H26N2O2/c1-2-10-28-23-29(18-17-27(28)9-1)30-20-22-42-37(24-30)38-26-39(32-11-3-4-13-35(32)45(38)50-42)46-47-40-15-7-5-14-36(40)44(48-46)31-19-21-34-33-12-6-8-16-41(33)49-43(34)25-31/h1-26H. The van der Waals surface area contributed by atoms with E-state index in [0.717, 1.165) is 87.9 Å². The minimum Gasteiger partial charge on any atom is -0.456 e. The quantitative estimate of drug-likeness (QED) is 0.193. The number of fused-ring (bicyclic) bond motifs is 10. The van der Waals surface area contributed by atoms with Gasteiger partial charge in [-0.1, -0.05) is 109 Å². The predicted octanol–water partition coefficient (Wildman–Crippen LogP) is 12.7. The lowest BCUT2D eigenvalue weighted by Gasteiger charge is -2.12. The third kappa shape index (κ3) is 4.06. The fourth-order valence-electron chi connectivity index (χ4n) is 7.62. The Morgan fingerprint density at radius 1 is 0.360 bits per heavy atom. The first-order valence-corrected chi connectivity index (χ1v) is 16.8. The van der Waals surface area contributed by atoms with Gasteiger partial charge in [-0.05, 0) is 75.8 Å². The summed E-state index contributed by atoms with van der Waals surface area (Å²) >= 11 is 0. The van der Waals surface area contributed by atoms with Gasteiger partial charge in [0.2, 0.25) is 0 Å². The summed E-state index contributed by atoms with van der Waals surface area (Å²) in [5, 5.41) is 9.83. The van der Waals surface area contributed by atoms with Crippen LogP contribution in [-0.4, -0.2) is 9.97 Å². The van der Waals surface area contributed by atoms with Crippen molar-refractivity contribution < 1.29 is 8.83 Å². The highest BCUT2D eigenvalue weighted by Gasteiger charge is 2.19. The monoisotopic (exact) mass is 638 g/mol. The number of benzene rings is 8. The van der Waals surface area contributed by atoms with Crippen molar-refractivity contribution in [3.8, 4) is 33.8 Å². The van der Waals surface area contributed by atoms with Crippen molar-refractivity contribution in [3.05, 3.63) is 158 Å². The molecule has 0 aliphatic carbocycles. The number of furan rings is 2. The molecule has 4 heteroatoms. The van der Waals surface area contributed by atoms with Gasteiger partial charge < -0.3 is 8.83 Å². The van der Waals surface area contributed by atoms with E-state index in [1.54, 1.807) is 0 Å². The van der Waals surface area contributed by atoms with E-state index in [1.807, 2.05) is 30.3 Å². The molecular weight excluding hydrogens is 613 g/mol. The first kappa shape index (κ1) is 27.2. The molecule has 4 nitrogen and oxygen atoms in total. The predicted molar refractivity (Wildman–Crippen MR) is 205 cm³/mol. The Hall–Kier alpha value is -6.78. The molecule has 0 saturated carbocycles. The molecule has 0 N–H and O–H groups in total. The van der Waals surface area contributed by atoms with Gasteiger partial charge in [-0.3, -0.25) is 0 Å². The number of rotatable bonds is 3. The van der Waals surface area contributed by atoms with E-state index in [1.165, 1.54) is 16.3 Å². The summed E-state index contributed by atoms with van der Waals surface area (Å²) in [6, 6.07) is 55.0. The molecule has 0 fully saturated rings. The summed E-state index contributed by atoms with van der Waals surface area (Å²) < 4.78 is 12.9. The summed E-state index contributed by atoms with van der Waals surface area (Å²) in [6.07, 6.45) is 0. The summed E-state index contributed by atoms with van der Waals surface area (Å²) in [4.78, 5) is 10.5. The number of aromatic nitrogens is 2. The van der Waals surface area contributed by atoms with Crippen LogP contribution >= 0.6 is 0 Å². The summed E-state index contributed by atoms with van der Waals surface area (Å²) in [5.41, 5.74) is 9.45. The molecule has 0 aliphatic heterocycles. The minimum atomic E-state index is 0.668. The lowest BCUT2D eigenvalue weighted by atomic mass is 9.97. The molecule has 232 valence electrons. The molecule has 50 heavy (non-hydrogen) atoms. The number of hydrogen-bond donors (Lipinski definition) is 0. The van der Waals surface area contributed by atoms with Gasteiger partial charge in [-0.25, -0.2) is 9.97 Å². The zero-order chi connectivity index (χ0) is 32.8. The largest absolute Gasteiger partial charge is 0.456 e. The maximum Gasteiger partial charge on any atom is 0.161 e. The molecule has 0 radical (unpaired) electrons. The zero-order valence-corrected chi connectivity index (χ0v) is 26.7. The van der Waals surface area contributed by atoms with Crippen LogP contribution in [0.15, 0.2) is 167 Å². The average molecular weight is 639 g/mol. The molecule has 8 aromatic carbocycles. The van der Waals surface area contributed by atoms with Crippen LogP contribution in [0.4, 0.5) is 0 Å². The topological polar surface area (TPSA) is 52.1 Å². The molecule has 0 amide bonds. The van der Waals surface area contributed by atoms with Crippen LogP contribution in [0, 0.1) is 0 Å². The fourth-order valence-corrected chi connectivity index (χ4v) is 7.62. The van der Waals surface area contributed by atoms with Gasteiger partial charge in [-0.15, -0.1) is 0 Å². The highest BCUT2D eigenvalue weighted by Crippen LogP contribution is 2.42. The molecule has 0 spiro atoms. The highest BCUT2D eigenvalue weighted by atomic mass is 16.3. The molecule has 0 saturated heterocycles. The van der Waals surface area contributed by atoms with E-state index in [9.17, 15) is 0 Å². The van der Waals surface area contributed by atoms with E-state index in [0.29, 0.717) is 5.82 Å². The maximum absolute atomic E-state index is 6.60. The number of hydrogen-bond acceptors (Lipinski definition) is 4. The summed E-state index contributed by atoms with van der Waals surface area (Å²) in [7, 11) is 0. The molecule has 0 aliphatic rings. The Bertz CT molecular complexity index is 3170. The van der Waals surface area contributed by atoms with E-state index in [4.69, 9.17) is 18.8 Å². The van der Waals surface area contributed by atoms with E-state index in [-0.39, 0.29) is 0 Å². The molecule has 0 unspecified atom stereocenters. The zero-order valence-electron chi connectivity index (χ0n) is 26.7. The minimum absolute atomic E-state index is 0.668. The van der Waals surface area contributed by atoms with Crippen molar-refractivity contribution in [1.82, 2.24) is 9.97 Å². The van der Waals surface area contributed by atoms with Crippen molar-refractivity contribution in [3.63, 3.8) is 0 Å². The van der Waals surface area contributed by atoms with E-state index in [2.05, 4.69) is 127 Å². The van der Waals surface area contributed by atoms with Crippen LogP contribution in [0.3, 0.4) is 0 Å². The van der Waals surface area contributed by atoms with Crippen LogP contribution in [-0.2, 0) is 0 Å². The van der Waals surface area contributed by atoms with Crippen LogP contribution in [0.2, 0.25) is 0 Å². The lowest BCUT2D eigenvalue weighted by molar-refractivity contribution is 0.669. The lowest BCUT2D eigenvalue weighted by Crippen LogP contribution is -1.96. The van der Waals surface area contributed by atoms with Gasteiger partial charge in [0.05, 0.1) is 11.2 Å². The smallest absolute Gasteiger partial charge is 0.161 e. The maximum atomic E-state index is 6.60. The normalized spacial score (nSPS) is 12.0. The number of nitrogens with zero attached hydrogens (tertiary/aromatic N) is 2. The fraction of sp³-hybridized carbons (Fsp3) is 0. The van der Waals surface area contributed by atoms with Crippen molar-refractivity contribution in [2.24, 2.45) is 0 Å². The van der Waals surface area contributed by atoms with Crippen molar-refractivity contribution in [1.29, 1.82) is 0 Å². The molecule has 3 aromatic heterocycles. The van der Waals surface area contributed by atoms with Crippen molar-refractivity contribution in [2.75, 3.05) is 0 Å². The Morgan fingerprint density at radius 2 is 1.04 bits per heavy atom. The first-order chi connectivity index (χ1) is 24.7. The third-order valence-electron chi connectivity index (χ3n) is 10.1. The Morgan fingerprint density at radius 3 is 1.96 bits per heavy atom. The second kappa shape index (κ2) is 10.4. The summed E-state index contributed by atoms with van der Waals surface area (Å²) in [5.74, 6) is 0.668. The van der Waals surface area contributed by atoms with Gasteiger partial charge in [0, 0.05) is 43.4 Å². The first-order valence-electron chi connectivity index (χ1n) is 16.8. The van der Waals surface area contributed by atoms with Gasteiger partial charge in [0.1, 0.15) is 22.3 Å². The highest BCUT2D eigenvalue weighted by molar-refractivity contribution is 6.19. The van der Waals surface area contributed by atoms with Crippen LogP contribution < -0.4 is 0 Å². The molecular formula is C46H26N2O2. The second-order valence-electron chi connectivity index (χ2n) is 12.9. The van der Waals surface area contributed by atoms with Gasteiger partial charge in [0.15, 0.2) is 5.82 Å².